The third-order valence-electron chi connectivity index (χ3n) is 4.68. The molecule has 0 unspecified atom stereocenters. The third kappa shape index (κ3) is 79.7. The van der Waals surface area contributed by atoms with Gasteiger partial charge in [0.1, 0.15) is 0 Å². The van der Waals surface area contributed by atoms with Crippen LogP contribution in [-0.4, -0.2) is 166 Å². The Kier molecular flexibility index (Phi) is 88.6. The molecular formula is C34H60Cl3Fe3N4O17S6. The second-order valence-electron chi connectivity index (χ2n) is 12.5. The minimum atomic E-state index is -1.34. The van der Waals surface area contributed by atoms with Gasteiger partial charge in [-0.25, -0.2) is 0 Å². The number of non-ortho nitro benzene ring substituents is 2. The second kappa shape index (κ2) is 59.6. The van der Waals surface area contributed by atoms with Crippen LogP contribution in [0.15, 0.2) is 46.4 Å². The largest absolute Gasteiger partial charge is 3.00 e. The number of nitro benzene ring substituents is 2. The first-order valence-electron chi connectivity index (χ1n) is 16.1. The Morgan fingerprint density at radius 1 is 0.478 bits per heavy atom. The molecule has 21 nitrogen and oxygen atoms in total. The molecule has 2 aromatic rings. The van der Waals surface area contributed by atoms with Gasteiger partial charge in [-0.1, -0.05) is 23.6 Å². The Morgan fingerprint density at radius 3 is 0.776 bits per heavy atom. The van der Waals surface area contributed by atoms with Crippen molar-refractivity contribution in [3.8, 4) is 11.5 Å². The number of benzene rings is 2. The number of hydrogen-bond donors (Lipinski definition) is 0. The average Bonchev–Trinajstić information content (AvgIpc) is 3.09. The van der Waals surface area contributed by atoms with E-state index in [1.54, 1.807) is 75.1 Å². The van der Waals surface area contributed by atoms with Crippen LogP contribution in [0.2, 0.25) is 0 Å². The molecule has 33 heteroatoms. The van der Waals surface area contributed by atoms with E-state index in [2.05, 4.69) is 9.98 Å². The van der Waals surface area contributed by atoms with Crippen LogP contribution >= 0.6 is 0 Å². The number of nitro groups is 2. The van der Waals surface area contributed by atoms with Crippen molar-refractivity contribution in [2.24, 2.45) is 9.98 Å². The molecule has 399 valence electrons. The van der Waals surface area contributed by atoms with Gasteiger partial charge in [0, 0.05) is 188 Å². The predicted octanol–water partition coefficient (Wildman–Crippen LogP) is -12.7. The molecule has 0 fully saturated rings. The van der Waals surface area contributed by atoms with Crippen molar-refractivity contribution in [3.05, 3.63) is 67.8 Å². The van der Waals surface area contributed by atoms with Crippen molar-refractivity contribution >= 4 is 88.6 Å². The summed E-state index contributed by atoms with van der Waals surface area (Å²) in [6.45, 7) is -0.116. The van der Waals surface area contributed by atoms with Crippen LogP contribution in [0, 0.1) is 20.2 Å². The zero-order valence-electron chi connectivity index (χ0n) is 38.9. The third-order valence-corrected chi connectivity index (χ3v) is 4.68. The summed E-state index contributed by atoms with van der Waals surface area (Å²) < 4.78 is 57.3. The van der Waals surface area contributed by atoms with Crippen LogP contribution in [0.25, 0.3) is 0 Å². The maximum Gasteiger partial charge on any atom is 3.00 e. The molecule has 3 radical (unpaired) electrons. The first-order valence-corrected chi connectivity index (χ1v) is 27.9. The van der Waals surface area contributed by atoms with Crippen LogP contribution in [0.3, 0.4) is 0 Å². The van der Waals surface area contributed by atoms with Gasteiger partial charge in [-0.2, -0.15) is 0 Å². The maximum atomic E-state index is 11.4. The van der Waals surface area contributed by atoms with Crippen LogP contribution in [0.1, 0.15) is 25.0 Å². The zero-order chi connectivity index (χ0) is 49.0. The average molecular weight is 1260 g/mol. The van der Waals surface area contributed by atoms with Gasteiger partial charge in [0.05, 0.1) is 9.85 Å². The Hall–Kier alpha value is -0.692. The molecule has 0 heterocycles. The molecule has 2 rings (SSSR count). The van der Waals surface area contributed by atoms with E-state index in [1.807, 2.05) is 0 Å². The molecule has 0 atom stereocenters. The van der Waals surface area contributed by atoms with E-state index in [4.69, 9.17) is 0 Å². The van der Waals surface area contributed by atoms with E-state index in [0.717, 1.165) is 48.8 Å². The topological polar surface area (TPSA) is 383 Å². The first-order chi connectivity index (χ1) is 27.2. The summed E-state index contributed by atoms with van der Waals surface area (Å²) in [6.07, 6.45) is 21.8. The van der Waals surface area contributed by atoms with Crippen molar-refractivity contribution in [1.82, 2.24) is 0 Å². The van der Waals surface area contributed by atoms with Crippen molar-refractivity contribution in [2.75, 3.05) is 101 Å². The SMILES string of the molecule is CC(C[O-])(C[O-])N=Cc1cc([N+](=O)[O-])ccc1[O-].CC(C[O-])(C[O-])N=Cc1cc([N+](=O)[O-])ccc1[O-].CS(C)=O.CS(C)=O.CS(C)=O.CS(C)=O.CS(C)=O.CS(C)=O.O.[Cl-].[Cl-].[Cl-].[Fe+3].[Fe+3].[Fe+3]. The summed E-state index contributed by atoms with van der Waals surface area (Å²) in [5.41, 5.74) is -3.20. The predicted molar refractivity (Wildman–Crippen MR) is 240 cm³/mol. The van der Waals surface area contributed by atoms with Gasteiger partial charge in [-0.05, 0) is 25.0 Å². The summed E-state index contributed by atoms with van der Waals surface area (Å²) in [5, 5.41) is 87.0. The Morgan fingerprint density at radius 2 is 0.642 bits per heavy atom. The molecule has 0 saturated heterocycles. The summed E-state index contributed by atoms with van der Waals surface area (Å²) in [4.78, 5) is 27.3. The summed E-state index contributed by atoms with van der Waals surface area (Å²) in [7, 11) is -3.67. The Labute approximate surface area is 459 Å². The van der Waals surface area contributed by atoms with Crippen molar-refractivity contribution in [1.29, 1.82) is 0 Å². The second-order valence-corrected chi connectivity index (χ2v) is 21.4. The van der Waals surface area contributed by atoms with E-state index >= 15 is 0 Å². The van der Waals surface area contributed by atoms with Gasteiger partial charge in [-0.3, -0.25) is 55.5 Å². The maximum absolute atomic E-state index is 11.4. The van der Waals surface area contributed by atoms with E-state index in [0.29, 0.717) is 0 Å². The van der Waals surface area contributed by atoms with E-state index in [9.17, 15) is 76.1 Å². The minimum absolute atomic E-state index is 0. The summed E-state index contributed by atoms with van der Waals surface area (Å²) in [6, 6.07) is 6.38. The normalized spacial score (nSPS) is 9.55. The zero-order valence-corrected chi connectivity index (χ0v) is 49.4. The minimum Gasteiger partial charge on any atom is -1.00 e. The number of rotatable bonds is 10. The van der Waals surface area contributed by atoms with Gasteiger partial charge < -0.3 is 73.3 Å². The number of halogens is 3. The quantitative estimate of drug-likeness (QED) is 0.0923. The van der Waals surface area contributed by atoms with Crippen LogP contribution < -0.4 is 67.9 Å². The van der Waals surface area contributed by atoms with Gasteiger partial charge in [0.2, 0.25) is 0 Å². The van der Waals surface area contributed by atoms with Crippen molar-refractivity contribution in [3.63, 3.8) is 0 Å². The molecule has 2 N–H and O–H groups in total. The van der Waals surface area contributed by atoms with Crippen LogP contribution in [0.5, 0.6) is 11.5 Å². The number of nitrogens with zero attached hydrogens (tertiary/aromatic N) is 4. The van der Waals surface area contributed by atoms with E-state index in [1.165, 1.54) is 13.8 Å². The molecule has 0 aliphatic heterocycles. The molecule has 0 aliphatic carbocycles. The molecule has 2 aromatic carbocycles. The monoisotopic (exact) mass is 1260 g/mol. The van der Waals surface area contributed by atoms with Crippen LogP contribution in [-0.2, 0) is 116 Å². The molecule has 0 aromatic heterocycles. The number of aliphatic imine (C=N–C) groups is 2. The fraction of sp³-hybridized carbons (Fsp3) is 0.588. The standard InChI is InChI=1S/2C11H12N2O5.6C2H6OS.3ClH.3Fe.H2O/c2*1-11(6-14,7-15)12-5-8-4-9(13(17)18)2-3-10(8)16;6*1-4(2)3;;;;;;;/h2*2-5,16H,6-7H2,1H3;6*1-2H3;3*1H;;;;1H2/q2*-2;;;;;;;;;;3*+3;/p-5. The van der Waals surface area contributed by atoms with Crippen molar-refractivity contribution < 1.29 is 160 Å². The molecule has 0 spiro atoms. The van der Waals surface area contributed by atoms with Gasteiger partial charge in [0.15, 0.2) is 0 Å². The van der Waals surface area contributed by atoms with Crippen LogP contribution in [0.4, 0.5) is 11.4 Å². The summed E-state index contributed by atoms with van der Waals surface area (Å²) >= 11 is 0. The molecule has 0 amide bonds. The molecule has 0 aliphatic rings. The Balaban J connectivity index is -0.0000000501. The smallest absolute Gasteiger partial charge is 1.00 e. The fourth-order valence-electron chi connectivity index (χ4n) is 2.18. The first kappa shape index (κ1) is 99.5. The van der Waals surface area contributed by atoms with Gasteiger partial charge >= 0.3 is 51.2 Å². The summed E-state index contributed by atoms with van der Waals surface area (Å²) in [5.74, 6) is -0.910. The number of hydrogen-bond acceptors (Lipinski definition) is 18. The fourth-order valence-corrected chi connectivity index (χ4v) is 2.18. The van der Waals surface area contributed by atoms with Gasteiger partial charge in [-0.15, -0.1) is 26.4 Å². The van der Waals surface area contributed by atoms with Gasteiger partial charge in [0.25, 0.3) is 11.4 Å². The van der Waals surface area contributed by atoms with E-state index < -0.39 is 124 Å². The van der Waals surface area contributed by atoms with E-state index in [-0.39, 0.29) is 116 Å². The Bertz CT molecular complexity index is 1550. The van der Waals surface area contributed by atoms with Crippen molar-refractivity contribution in [2.45, 2.75) is 24.9 Å². The molecule has 67 heavy (non-hydrogen) atoms. The molecular weight excluding hydrogens is 1200 g/mol. The molecule has 0 saturated carbocycles. The molecule has 0 bridgehead atoms.